The molecule has 4 N–H and O–H groups in total. The number of nitrogens with zero attached hydrogens (tertiary/aromatic N) is 1. The maximum Gasteiger partial charge on any atom is 0.315 e. The second-order valence-corrected chi connectivity index (χ2v) is 4.17. The number of hydrazine groups is 1. The molecule has 0 spiro atoms. The molecule has 0 heterocycles. The number of thiocarbonyl (C=S) groups is 1. The summed E-state index contributed by atoms with van der Waals surface area (Å²) in [5, 5.41) is 26.3. The van der Waals surface area contributed by atoms with Crippen molar-refractivity contribution in [3.63, 3.8) is 0 Å². The molecule has 0 saturated carbocycles. The first kappa shape index (κ1) is 16.4. The molecule has 0 unspecified atom stereocenters. The number of nitrogens with one attached hydrogen (secondary N) is 3. The summed E-state index contributed by atoms with van der Waals surface area (Å²) in [6, 6.07) is 2.64. The third kappa shape index (κ3) is 4.73. The average Bonchev–Trinajstić information content (AvgIpc) is 2.46. The lowest BCUT2D eigenvalue weighted by atomic mass is 10.2. The summed E-state index contributed by atoms with van der Waals surface area (Å²) in [6.45, 7) is 4.04. The minimum Gasteiger partial charge on any atom is -0.500 e. The summed E-state index contributed by atoms with van der Waals surface area (Å²) in [7, 11) is 1.31. The van der Waals surface area contributed by atoms with Gasteiger partial charge in [0, 0.05) is 12.6 Å². The second kappa shape index (κ2) is 7.80. The highest BCUT2D eigenvalue weighted by atomic mass is 32.1. The fourth-order valence-electron chi connectivity index (χ4n) is 1.39. The Balaban J connectivity index is 2.88. The molecule has 0 fully saturated rings. The van der Waals surface area contributed by atoms with Crippen molar-refractivity contribution < 1.29 is 19.9 Å². The van der Waals surface area contributed by atoms with Crippen LogP contribution in [0.4, 0.5) is 5.69 Å². The molecule has 8 nitrogen and oxygen atoms in total. The van der Waals surface area contributed by atoms with Crippen molar-refractivity contribution in [3.8, 4) is 11.5 Å². The minimum absolute atomic E-state index is 0.00427. The van der Waals surface area contributed by atoms with Crippen molar-refractivity contribution >= 4 is 29.2 Å². The molecule has 1 rings (SSSR count). The van der Waals surface area contributed by atoms with E-state index in [0.717, 1.165) is 0 Å². The van der Waals surface area contributed by atoms with Crippen LogP contribution < -0.4 is 20.6 Å². The molecule has 0 atom stereocenters. The highest BCUT2D eigenvalue weighted by molar-refractivity contribution is 7.80. The van der Waals surface area contributed by atoms with Gasteiger partial charge in [0.15, 0.2) is 12.0 Å². The molecule has 0 aromatic heterocycles. The summed E-state index contributed by atoms with van der Waals surface area (Å²) in [5.74, 6) is -0.514. The standard InChI is InChI=1S/C12H14N4O4S/c1-3-4-13-12(21)15-14-7-8-5-9(16(18)19)11(17)10(6-8)20-2/h3,5-7,17H,1,4H2,2H3,(H2,13,15,21)/p+1. The normalized spacial score (nSPS) is 10.1. The molecule has 0 amide bonds. The summed E-state index contributed by atoms with van der Waals surface area (Å²) in [4.78, 5) is 10.1. The quantitative estimate of drug-likeness (QED) is 0.182. The van der Waals surface area contributed by atoms with Crippen LogP contribution in [0, 0.1) is 10.1 Å². The van der Waals surface area contributed by atoms with Gasteiger partial charge in [0.25, 0.3) is 0 Å². The maximum atomic E-state index is 10.8. The van der Waals surface area contributed by atoms with Crippen LogP contribution in [0.25, 0.3) is 0 Å². The van der Waals surface area contributed by atoms with E-state index in [4.69, 9.17) is 17.0 Å². The van der Waals surface area contributed by atoms with Crippen molar-refractivity contribution in [2.45, 2.75) is 0 Å². The molecule has 112 valence electrons. The smallest absolute Gasteiger partial charge is 0.315 e. The number of ether oxygens (including phenoxy) is 1. The van der Waals surface area contributed by atoms with Crippen molar-refractivity contribution in [2.75, 3.05) is 13.7 Å². The monoisotopic (exact) mass is 311 g/mol. The molecular weight excluding hydrogens is 296 g/mol. The van der Waals surface area contributed by atoms with Crippen LogP contribution in [0.2, 0.25) is 0 Å². The van der Waals surface area contributed by atoms with E-state index in [2.05, 4.69) is 22.4 Å². The van der Waals surface area contributed by atoms with Gasteiger partial charge in [0.1, 0.15) is 0 Å². The number of phenols is 1. The van der Waals surface area contributed by atoms with Crippen LogP contribution >= 0.6 is 12.2 Å². The third-order valence-electron chi connectivity index (χ3n) is 2.33. The zero-order valence-electron chi connectivity index (χ0n) is 11.3. The van der Waals surface area contributed by atoms with E-state index in [9.17, 15) is 15.2 Å². The number of hydrogen-bond acceptors (Lipinski definition) is 5. The Morgan fingerprint density at radius 1 is 1.67 bits per heavy atom. The molecule has 0 aliphatic heterocycles. The zero-order chi connectivity index (χ0) is 15.8. The van der Waals surface area contributed by atoms with Crippen molar-refractivity contribution in [2.24, 2.45) is 0 Å². The second-order valence-electron chi connectivity index (χ2n) is 3.76. The number of nitro benzene ring substituents is 1. The number of nitro groups is 1. The largest absolute Gasteiger partial charge is 0.500 e. The van der Waals surface area contributed by atoms with Crippen molar-refractivity contribution in [1.29, 1.82) is 0 Å². The van der Waals surface area contributed by atoms with Crippen LogP contribution in [0.15, 0.2) is 24.8 Å². The predicted octanol–water partition coefficient (Wildman–Crippen LogP) is -0.626. The Labute approximate surface area is 126 Å². The van der Waals surface area contributed by atoms with E-state index < -0.39 is 16.4 Å². The summed E-state index contributed by atoms with van der Waals surface area (Å²) in [5.41, 5.74) is 2.64. The fourth-order valence-corrected chi connectivity index (χ4v) is 1.53. The third-order valence-corrected chi connectivity index (χ3v) is 2.57. The van der Waals surface area contributed by atoms with Crippen LogP contribution in [0.1, 0.15) is 5.56 Å². The van der Waals surface area contributed by atoms with Gasteiger partial charge in [-0.15, -0.1) is 17.1 Å². The first-order valence-electron chi connectivity index (χ1n) is 5.78. The Morgan fingerprint density at radius 2 is 2.38 bits per heavy atom. The van der Waals surface area contributed by atoms with Crippen molar-refractivity contribution in [3.05, 3.63) is 40.5 Å². The number of rotatable bonds is 6. The first-order chi connectivity index (χ1) is 9.99. The van der Waals surface area contributed by atoms with E-state index in [-0.39, 0.29) is 5.75 Å². The minimum atomic E-state index is -0.696. The van der Waals surface area contributed by atoms with E-state index in [1.54, 1.807) is 6.08 Å². The van der Waals surface area contributed by atoms with E-state index in [1.807, 2.05) is 0 Å². The molecule has 0 radical (unpaired) electrons. The van der Waals surface area contributed by atoms with Gasteiger partial charge in [-0.3, -0.25) is 10.1 Å². The average molecular weight is 311 g/mol. The molecule has 1 aromatic carbocycles. The summed E-state index contributed by atoms with van der Waals surface area (Å²) < 4.78 is 4.89. The van der Waals surface area contributed by atoms with Gasteiger partial charge in [-0.25, -0.2) is 0 Å². The molecular formula is C12H15N4O4S+. The number of phenolic OH excluding ortho intramolecular Hbond substituents is 1. The van der Waals surface area contributed by atoms with Gasteiger partial charge in [-0.05, 0) is 18.3 Å². The molecule has 1 aromatic rings. The molecule has 0 saturated heterocycles. The number of methoxy groups -OCH3 is 1. The Hall–Kier alpha value is -2.68. The van der Waals surface area contributed by atoms with Crippen LogP contribution in [0.5, 0.6) is 11.5 Å². The molecule has 0 aliphatic rings. The van der Waals surface area contributed by atoms with Gasteiger partial charge in [0.2, 0.25) is 10.9 Å². The Bertz CT molecular complexity index is 589. The highest BCUT2D eigenvalue weighted by Gasteiger charge is 2.20. The molecule has 0 aliphatic carbocycles. The zero-order valence-corrected chi connectivity index (χ0v) is 12.1. The number of benzene rings is 1. The lowest BCUT2D eigenvalue weighted by Gasteiger charge is -2.04. The van der Waals surface area contributed by atoms with Gasteiger partial charge >= 0.3 is 5.69 Å². The Morgan fingerprint density at radius 3 is 2.95 bits per heavy atom. The number of hydrazone groups is 1. The maximum absolute atomic E-state index is 10.8. The molecule has 21 heavy (non-hydrogen) atoms. The van der Waals surface area contributed by atoms with Gasteiger partial charge in [0.05, 0.1) is 17.6 Å². The van der Waals surface area contributed by atoms with Crippen LogP contribution in [-0.4, -0.2) is 35.0 Å². The first-order valence-corrected chi connectivity index (χ1v) is 6.19. The van der Waals surface area contributed by atoms with Gasteiger partial charge in [-0.1, -0.05) is 6.08 Å². The van der Waals surface area contributed by atoms with E-state index >= 15 is 0 Å². The SMILES string of the molecule is C=CCNC(=S)N[NH+]=Cc1cc(OC)c(O)c([N+](=O)[O-])c1. The number of aromatic hydroxyl groups is 1. The van der Waals surface area contributed by atoms with E-state index in [0.29, 0.717) is 17.2 Å². The number of hydrogen-bond donors (Lipinski definition) is 4. The highest BCUT2D eigenvalue weighted by Crippen LogP contribution is 2.36. The fraction of sp³-hybridized carbons (Fsp3) is 0.167. The molecule has 0 bridgehead atoms. The summed E-state index contributed by atoms with van der Waals surface area (Å²) >= 11 is 4.95. The van der Waals surface area contributed by atoms with Crippen LogP contribution in [-0.2, 0) is 0 Å². The predicted molar refractivity (Wildman–Crippen MR) is 81.4 cm³/mol. The van der Waals surface area contributed by atoms with Crippen LogP contribution in [0.3, 0.4) is 0 Å². The van der Waals surface area contributed by atoms with Gasteiger partial charge in [-0.2, -0.15) is 0 Å². The van der Waals surface area contributed by atoms with Crippen molar-refractivity contribution in [1.82, 2.24) is 10.7 Å². The Kier molecular flexibility index (Phi) is 6.08. The van der Waals surface area contributed by atoms with Gasteiger partial charge < -0.3 is 15.2 Å². The topological polar surface area (TPSA) is 111 Å². The lowest BCUT2D eigenvalue weighted by Crippen LogP contribution is -2.82. The van der Waals surface area contributed by atoms with E-state index in [1.165, 1.54) is 25.5 Å². The summed E-state index contributed by atoms with van der Waals surface area (Å²) in [6.07, 6.45) is 3.09. The lowest BCUT2D eigenvalue weighted by molar-refractivity contribution is -0.500. The molecule has 9 heteroatoms.